The van der Waals surface area contributed by atoms with Crippen molar-refractivity contribution in [2.24, 2.45) is 4.99 Å². The predicted octanol–water partition coefficient (Wildman–Crippen LogP) is 4.69. The summed E-state index contributed by atoms with van der Waals surface area (Å²) >= 11 is 0. The number of nitrogens with zero attached hydrogens (tertiary/aromatic N) is 1. The highest BCUT2D eigenvalue weighted by Crippen LogP contribution is 2.12. The molecule has 0 saturated heterocycles. The highest BCUT2D eigenvalue weighted by molar-refractivity contribution is 5.83. The van der Waals surface area contributed by atoms with E-state index in [9.17, 15) is 0 Å². The van der Waals surface area contributed by atoms with Crippen molar-refractivity contribution in [3.05, 3.63) is 0 Å². The Labute approximate surface area is 114 Å². The Bertz CT molecular complexity index is 211. The van der Waals surface area contributed by atoms with Gasteiger partial charge in [0, 0.05) is 13.0 Å². The van der Waals surface area contributed by atoms with Gasteiger partial charge in [0.15, 0.2) is 0 Å². The first-order valence-electron chi connectivity index (χ1n) is 8.20. The number of nitrogens with one attached hydrogen (secondary N) is 1. The van der Waals surface area contributed by atoms with Gasteiger partial charge in [-0.2, -0.15) is 0 Å². The van der Waals surface area contributed by atoms with E-state index in [1.165, 1.54) is 82.9 Å². The van der Waals surface area contributed by atoms with Crippen LogP contribution < -0.4 is 5.32 Å². The Kier molecular flexibility index (Phi) is 9.97. The average molecular weight is 252 g/mol. The Hall–Kier alpha value is -0.530. The highest BCUT2D eigenvalue weighted by Gasteiger charge is 2.03. The largest absolute Gasteiger partial charge is 0.372 e. The lowest BCUT2D eigenvalue weighted by atomic mass is 10.1. The van der Waals surface area contributed by atoms with Crippen LogP contribution in [-0.4, -0.2) is 18.9 Å². The van der Waals surface area contributed by atoms with Crippen molar-refractivity contribution >= 4 is 5.84 Å². The third kappa shape index (κ3) is 8.54. The minimum atomic E-state index is 0.993. The van der Waals surface area contributed by atoms with E-state index in [4.69, 9.17) is 0 Å². The molecule has 0 amide bonds. The van der Waals surface area contributed by atoms with Crippen LogP contribution in [0.5, 0.6) is 0 Å². The van der Waals surface area contributed by atoms with Gasteiger partial charge in [-0.25, -0.2) is 0 Å². The molecule has 1 aliphatic rings. The summed E-state index contributed by atoms with van der Waals surface area (Å²) in [6, 6.07) is 0. The van der Waals surface area contributed by atoms with Crippen LogP contribution in [0.25, 0.3) is 0 Å². The second-order valence-corrected chi connectivity index (χ2v) is 5.54. The second kappa shape index (κ2) is 11.6. The number of rotatable bonds is 12. The molecule has 0 aromatic carbocycles. The van der Waals surface area contributed by atoms with Crippen molar-refractivity contribution in [1.29, 1.82) is 0 Å². The molecule has 0 saturated carbocycles. The highest BCUT2D eigenvalue weighted by atomic mass is 15.1. The third-order valence-corrected chi connectivity index (χ3v) is 3.76. The summed E-state index contributed by atoms with van der Waals surface area (Å²) in [6.07, 6.45) is 16.8. The molecule has 0 atom stereocenters. The van der Waals surface area contributed by atoms with Gasteiger partial charge >= 0.3 is 0 Å². The van der Waals surface area contributed by atoms with Gasteiger partial charge in [-0.05, 0) is 6.42 Å². The van der Waals surface area contributed by atoms with Gasteiger partial charge in [0.05, 0.1) is 12.4 Å². The Morgan fingerprint density at radius 2 is 1.39 bits per heavy atom. The molecular weight excluding hydrogens is 220 g/mol. The van der Waals surface area contributed by atoms with Gasteiger partial charge < -0.3 is 5.32 Å². The first-order chi connectivity index (χ1) is 8.93. The first kappa shape index (κ1) is 15.5. The lowest BCUT2D eigenvalue weighted by molar-refractivity contribution is 0.551. The molecule has 18 heavy (non-hydrogen) atoms. The zero-order chi connectivity index (χ0) is 12.9. The fourth-order valence-corrected chi connectivity index (χ4v) is 2.57. The fourth-order valence-electron chi connectivity index (χ4n) is 2.57. The van der Waals surface area contributed by atoms with Gasteiger partial charge in [0.1, 0.15) is 0 Å². The maximum absolute atomic E-state index is 4.42. The van der Waals surface area contributed by atoms with E-state index in [-0.39, 0.29) is 0 Å². The molecule has 1 N–H and O–H groups in total. The van der Waals surface area contributed by atoms with Gasteiger partial charge in [0.25, 0.3) is 0 Å². The average Bonchev–Trinajstić information content (AvgIpc) is 2.89. The number of unbranched alkanes of at least 4 members (excludes halogenated alkanes) is 10. The zero-order valence-corrected chi connectivity index (χ0v) is 12.3. The van der Waals surface area contributed by atoms with Crippen molar-refractivity contribution in [1.82, 2.24) is 5.32 Å². The molecular formula is C16H32N2. The van der Waals surface area contributed by atoms with E-state index in [2.05, 4.69) is 17.2 Å². The third-order valence-electron chi connectivity index (χ3n) is 3.76. The summed E-state index contributed by atoms with van der Waals surface area (Å²) in [5.74, 6) is 1.26. The van der Waals surface area contributed by atoms with E-state index in [0.29, 0.717) is 0 Å². The van der Waals surface area contributed by atoms with Crippen molar-refractivity contribution in [2.45, 2.75) is 84.0 Å². The topological polar surface area (TPSA) is 24.4 Å². The van der Waals surface area contributed by atoms with Crippen LogP contribution in [0.3, 0.4) is 0 Å². The Balaban J connectivity index is 1.71. The van der Waals surface area contributed by atoms with Crippen LogP contribution in [-0.2, 0) is 0 Å². The molecule has 0 radical (unpaired) electrons. The Morgan fingerprint density at radius 1 is 0.833 bits per heavy atom. The molecule has 0 spiro atoms. The summed E-state index contributed by atoms with van der Waals surface area (Å²) in [4.78, 5) is 4.42. The van der Waals surface area contributed by atoms with E-state index in [0.717, 1.165) is 13.1 Å². The summed E-state index contributed by atoms with van der Waals surface area (Å²) in [5.41, 5.74) is 0. The molecule has 1 heterocycles. The monoisotopic (exact) mass is 252 g/mol. The van der Waals surface area contributed by atoms with E-state index >= 15 is 0 Å². The molecule has 0 fully saturated rings. The molecule has 1 rings (SSSR count). The molecule has 0 unspecified atom stereocenters. The van der Waals surface area contributed by atoms with Crippen LogP contribution in [0.1, 0.15) is 84.0 Å². The molecule has 0 aliphatic carbocycles. The smallest absolute Gasteiger partial charge is 0.0964 e. The molecule has 2 heteroatoms. The first-order valence-corrected chi connectivity index (χ1v) is 8.20. The minimum absolute atomic E-state index is 0.993. The van der Waals surface area contributed by atoms with E-state index < -0.39 is 0 Å². The molecule has 0 aromatic rings. The van der Waals surface area contributed by atoms with Gasteiger partial charge in [0.2, 0.25) is 0 Å². The van der Waals surface area contributed by atoms with Crippen LogP contribution in [0.15, 0.2) is 4.99 Å². The van der Waals surface area contributed by atoms with Crippen LogP contribution in [0, 0.1) is 0 Å². The van der Waals surface area contributed by atoms with E-state index in [1.807, 2.05) is 0 Å². The van der Waals surface area contributed by atoms with Gasteiger partial charge in [-0.1, -0.05) is 71.1 Å². The molecule has 0 aromatic heterocycles. The van der Waals surface area contributed by atoms with Crippen molar-refractivity contribution in [2.75, 3.05) is 13.1 Å². The van der Waals surface area contributed by atoms with Gasteiger partial charge in [-0.3, -0.25) is 4.99 Å². The maximum Gasteiger partial charge on any atom is 0.0964 e. The molecule has 0 bridgehead atoms. The number of amidine groups is 1. The standard InChI is InChI=1S/C16H32N2/c1-2-3-4-5-6-7-8-9-10-11-12-13-16-17-14-15-18-16/h2-15H2,1H3,(H,17,18). The zero-order valence-electron chi connectivity index (χ0n) is 12.3. The van der Waals surface area contributed by atoms with Crippen LogP contribution >= 0.6 is 0 Å². The summed E-state index contributed by atoms with van der Waals surface area (Å²) < 4.78 is 0. The molecule has 106 valence electrons. The molecule has 1 aliphatic heterocycles. The normalized spacial score (nSPS) is 14.6. The van der Waals surface area contributed by atoms with E-state index in [1.54, 1.807) is 0 Å². The minimum Gasteiger partial charge on any atom is -0.372 e. The Morgan fingerprint density at radius 3 is 1.89 bits per heavy atom. The molecule has 2 nitrogen and oxygen atoms in total. The summed E-state index contributed by atoms with van der Waals surface area (Å²) in [5, 5.41) is 3.34. The van der Waals surface area contributed by atoms with Crippen molar-refractivity contribution in [3.8, 4) is 0 Å². The number of hydrogen-bond donors (Lipinski definition) is 1. The quantitative estimate of drug-likeness (QED) is 0.501. The van der Waals surface area contributed by atoms with Crippen LogP contribution in [0.2, 0.25) is 0 Å². The lowest BCUT2D eigenvalue weighted by Crippen LogP contribution is -2.17. The number of hydrogen-bond acceptors (Lipinski definition) is 2. The second-order valence-electron chi connectivity index (χ2n) is 5.54. The predicted molar refractivity (Wildman–Crippen MR) is 81.4 cm³/mol. The van der Waals surface area contributed by atoms with Crippen molar-refractivity contribution in [3.63, 3.8) is 0 Å². The van der Waals surface area contributed by atoms with Crippen LogP contribution in [0.4, 0.5) is 0 Å². The SMILES string of the molecule is CCCCCCCCCCCCCC1=NCCN1. The summed E-state index contributed by atoms with van der Waals surface area (Å²) in [6.45, 7) is 4.34. The summed E-state index contributed by atoms with van der Waals surface area (Å²) in [7, 11) is 0. The fraction of sp³-hybridized carbons (Fsp3) is 0.938. The van der Waals surface area contributed by atoms with Crippen molar-refractivity contribution < 1.29 is 0 Å². The number of aliphatic imine (C=N–C) groups is 1. The van der Waals surface area contributed by atoms with Gasteiger partial charge in [-0.15, -0.1) is 0 Å². The maximum atomic E-state index is 4.42. The lowest BCUT2D eigenvalue weighted by Gasteiger charge is -2.03.